The van der Waals surface area contributed by atoms with Gasteiger partial charge in [0.25, 0.3) is 0 Å². The van der Waals surface area contributed by atoms with Crippen LogP contribution in [0.1, 0.15) is 20.3 Å². The van der Waals surface area contributed by atoms with E-state index in [9.17, 15) is 8.42 Å². The molecule has 2 unspecified atom stereocenters. The topological polar surface area (TPSA) is 46.2 Å². The molecular formula is C12H14Cl3NO2S. The number of halogens is 3. The molecule has 0 aliphatic heterocycles. The standard InChI is InChI=1S/C12H14Cl3NO2S/c1-12(2)10(15)6-11(12)16-19(17,18)7-3-4-8(13)9(14)5-7/h3-5,10-11,16H,6H2,1-2H3. The summed E-state index contributed by atoms with van der Waals surface area (Å²) < 4.78 is 27.1. The molecule has 0 amide bonds. The van der Waals surface area contributed by atoms with Gasteiger partial charge in [0.2, 0.25) is 10.0 Å². The third kappa shape index (κ3) is 2.88. The second-order valence-corrected chi connectivity index (χ2v) is 8.33. The van der Waals surface area contributed by atoms with E-state index in [1.807, 2.05) is 13.8 Å². The Hall–Kier alpha value is -0.000000000000000111. The number of alkyl halides is 1. The van der Waals surface area contributed by atoms with E-state index in [1.165, 1.54) is 18.2 Å². The van der Waals surface area contributed by atoms with Crippen molar-refractivity contribution in [3.8, 4) is 0 Å². The number of hydrogen-bond donors (Lipinski definition) is 1. The number of sulfonamides is 1. The molecule has 1 saturated carbocycles. The first-order valence-electron chi connectivity index (χ1n) is 5.76. The Morgan fingerprint density at radius 1 is 1.26 bits per heavy atom. The Morgan fingerprint density at radius 3 is 2.37 bits per heavy atom. The Balaban J connectivity index is 2.22. The quantitative estimate of drug-likeness (QED) is 0.852. The molecule has 0 bridgehead atoms. The molecule has 0 aromatic heterocycles. The van der Waals surface area contributed by atoms with Gasteiger partial charge in [0.1, 0.15) is 0 Å². The molecule has 1 aliphatic rings. The Labute approximate surface area is 128 Å². The Morgan fingerprint density at radius 2 is 1.89 bits per heavy atom. The van der Waals surface area contributed by atoms with Crippen molar-refractivity contribution in [1.29, 1.82) is 0 Å². The summed E-state index contributed by atoms with van der Waals surface area (Å²) in [6, 6.07) is 4.07. The van der Waals surface area contributed by atoms with Gasteiger partial charge in [0.05, 0.1) is 14.9 Å². The largest absolute Gasteiger partial charge is 0.240 e. The van der Waals surface area contributed by atoms with Crippen molar-refractivity contribution in [1.82, 2.24) is 4.72 Å². The van der Waals surface area contributed by atoms with E-state index in [0.29, 0.717) is 11.4 Å². The summed E-state index contributed by atoms with van der Waals surface area (Å²) in [5.74, 6) is 0. The molecule has 106 valence electrons. The molecule has 0 saturated heterocycles. The van der Waals surface area contributed by atoms with Crippen LogP contribution in [-0.4, -0.2) is 19.8 Å². The van der Waals surface area contributed by atoms with Gasteiger partial charge in [0, 0.05) is 11.4 Å². The average molecular weight is 343 g/mol. The second kappa shape index (κ2) is 5.08. The van der Waals surface area contributed by atoms with Crippen LogP contribution in [-0.2, 0) is 10.0 Å². The van der Waals surface area contributed by atoms with Crippen LogP contribution in [0.3, 0.4) is 0 Å². The van der Waals surface area contributed by atoms with Crippen LogP contribution in [0.2, 0.25) is 10.0 Å². The van der Waals surface area contributed by atoms with Gasteiger partial charge in [-0.25, -0.2) is 13.1 Å². The third-order valence-electron chi connectivity index (χ3n) is 3.65. The summed E-state index contributed by atoms with van der Waals surface area (Å²) in [4.78, 5) is 0.107. The molecule has 7 heteroatoms. The van der Waals surface area contributed by atoms with E-state index in [0.717, 1.165) is 0 Å². The Kier molecular flexibility index (Phi) is 4.11. The lowest BCUT2D eigenvalue weighted by Crippen LogP contribution is -2.59. The van der Waals surface area contributed by atoms with Gasteiger partial charge in [-0.15, -0.1) is 11.6 Å². The lowest BCUT2D eigenvalue weighted by atomic mass is 9.67. The molecule has 0 heterocycles. The minimum atomic E-state index is -3.61. The first-order valence-corrected chi connectivity index (χ1v) is 8.43. The first-order chi connectivity index (χ1) is 8.64. The molecule has 0 spiro atoms. The molecular weight excluding hydrogens is 329 g/mol. The fourth-order valence-electron chi connectivity index (χ4n) is 1.97. The summed E-state index contributed by atoms with van der Waals surface area (Å²) in [5, 5.41) is 0.520. The third-order valence-corrected chi connectivity index (χ3v) is 6.60. The molecule has 1 N–H and O–H groups in total. The molecule has 1 aliphatic carbocycles. The molecule has 2 rings (SSSR count). The molecule has 19 heavy (non-hydrogen) atoms. The van der Waals surface area contributed by atoms with E-state index in [1.54, 1.807) is 0 Å². The maximum Gasteiger partial charge on any atom is 0.240 e. The zero-order chi connectivity index (χ0) is 14.4. The van der Waals surface area contributed by atoms with E-state index in [2.05, 4.69) is 4.72 Å². The monoisotopic (exact) mass is 341 g/mol. The van der Waals surface area contributed by atoms with Gasteiger partial charge < -0.3 is 0 Å². The van der Waals surface area contributed by atoms with Crippen LogP contribution in [0.25, 0.3) is 0 Å². The minimum Gasteiger partial charge on any atom is -0.207 e. The Bertz CT molecular complexity index is 601. The van der Waals surface area contributed by atoms with E-state index < -0.39 is 10.0 Å². The van der Waals surface area contributed by atoms with Crippen molar-refractivity contribution < 1.29 is 8.42 Å². The maximum absolute atomic E-state index is 12.2. The predicted octanol–water partition coefficient (Wildman–Crippen LogP) is 3.68. The van der Waals surface area contributed by atoms with Crippen molar-refractivity contribution in [2.45, 2.75) is 36.6 Å². The molecule has 3 nitrogen and oxygen atoms in total. The fourth-order valence-corrected chi connectivity index (χ4v) is 4.10. The first kappa shape index (κ1) is 15.4. The van der Waals surface area contributed by atoms with Gasteiger partial charge in [-0.3, -0.25) is 0 Å². The van der Waals surface area contributed by atoms with Crippen LogP contribution in [0, 0.1) is 5.41 Å². The van der Waals surface area contributed by atoms with Crippen LogP contribution in [0.5, 0.6) is 0 Å². The summed E-state index contributed by atoms with van der Waals surface area (Å²) in [5.41, 5.74) is -0.259. The van der Waals surface area contributed by atoms with Gasteiger partial charge in [0.15, 0.2) is 0 Å². The van der Waals surface area contributed by atoms with Gasteiger partial charge in [-0.2, -0.15) is 0 Å². The fraction of sp³-hybridized carbons (Fsp3) is 0.500. The molecule has 2 atom stereocenters. The molecule has 1 aromatic carbocycles. The summed E-state index contributed by atoms with van der Waals surface area (Å²) in [6.45, 7) is 3.88. The van der Waals surface area contributed by atoms with Crippen LogP contribution in [0.15, 0.2) is 23.1 Å². The average Bonchev–Trinajstić information content (AvgIpc) is 2.32. The molecule has 1 fully saturated rings. The van der Waals surface area contributed by atoms with Crippen molar-refractivity contribution in [3.05, 3.63) is 28.2 Å². The van der Waals surface area contributed by atoms with Crippen molar-refractivity contribution in [2.75, 3.05) is 0 Å². The summed E-state index contributed by atoms with van der Waals surface area (Å²) >= 11 is 17.7. The molecule has 1 aromatic rings. The number of rotatable bonds is 3. The van der Waals surface area contributed by atoms with Crippen molar-refractivity contribution >= 4 is 44.8 Å². The van der Waals surface area contributed by atoms with Crippen LogP contribution >= 0.6 is 34.8 Å². The number of hydrogen-bond acceptors (Lipinski definition) is 2. The summed E-state index contributed by atoms with van der Waals surface area (Å²) in [7, 11) is -3.61. The number of benzene rings is 1. The normalized spacial score (nSPS) is 25.9. The van der Waals surface area contributed by atoms with E-state index in [-0.39, 0.29) is 26.8 Å². The zero-order valence-corrected chi connectivity index (χ0v) is 13.5. The van der Waals surface area contributed by atoms with E-state index in [4.69, 9.17) is 34.8 Å². The minimum absolute atomic E-state index is 0.0194. The maximum atomic E-state index is 12.2. The summed E-state index contributed by atoms with van der Waals surface area (Å²) in [6.07, 6.45) is 0.620. The SMILES string of the molecule is CC1(C)C(Cl)CC1NS(=O)(=O)c1ccc(Cl)c(Cl)c1. The highest BCUT2D eigenvalue weighted by Gasteiger charge is 2.48. The van der Waals surface area contributed by atoms with Gasteiger partial charge >= 0.3 is 0 Å². The lowest BCUT2D eigenvalue weighted by Gasteiger charge is -2.48. The van der Waals surface area contributed by atoms with Crippen molar-refractivity contribution in [3.63, 3.8) is 0 Å². The second-order valence-electron chi connectivity index (χ2n) is 5.27. The zero-order valence-electron chi connectivity index (χ0n) is 10.5. The highest BCUT2D eigenvalue weighted by Crippen LogP contribution is 2.44. The van der Waals surface area contributed by atoms with Crippen molar-refractivity contribution in [2.24, 2.45) is 5.41 Å². The highest BCUT2D eigenvalue weighted by atomic mass is 35.5. The van der Waals surface area contributed by atoms with Crippen LogP contribution < -0.4 is 4.72 Å². The number of nitrogens with one attached hydrogen (secondary N) is 1. The predicted molar refractivity (Wildman–Crippen MR) is 78.6 cm³/mol. The van der Waals surface area contributed by atoms with Gasteiger partial charge in [-0.05, 0) is 30.0 Å². The van der Waals surface area contributed by atoms with Crippen LogP contribution in [0.4, 0.5) is 0 Å². The lowest BCUT2D eigenvalue weighted by molar-refractivity contribution is 0.137. The smallest absolute Gasteiger partial charge is 0.207 e. The molecule has 0 radical (unpaired) electrons. The highest BCUT2D eigenvalue weighted by molar-refractivity contribution is 7.89. The van der Waals surface area contributed by atoms with E-state index >= 15 is 0 Å². The van der Waals surface area contributed by atoms with Gasteiger partial charge in [-0.1, -0.05) is 37.0 Å².